The summed E-state index contributed by atoms with van der Waals surface area (Å²) in [5, 5.41) is 11.7. The molecule has 1 N–H and O–H groups in total. The molecule has 170 valence electrons. The normalized spacial score (nSPS) is 29.1. The second kappa shape index (κ2) is 9.42. The number of piperazine rings is 1. The highest BCUT2D eigenvalue weighted by Gasteiger charge is 2.43. The topological polar surface area (TPSA) is 100 Å². The summed E-state index contributed by atoms with van der Waals surface area (Å²) >= 11 is 10.1. The number of nitrogens with one attached hydrogen (secondary N) is 1. The van der Waals surface area contributed by atoms with Gasteiger partial charge in [-0.1, -0.05) is 27.5 Å². The summed E-state index contributed by atoms with van der Waals surface area (Å²) in [6, 6.07) is -0.113. The van der Waals surface area contributed by atoms with E-state index < -0.39 is 0 Å². The molecule has 5 rings (SSSR count). The molecule has 4 aliphatic rings. The van der Waals surface area contributed by atoms with Crippen molar-refractivity contribution in [3.8, 4) is 0 Å². The Labute approximate surface area is 199 Å². The fourth-order valence-electron chi connectivity index (χ4n) is 4.69. The number of amides is 2. The van der Waals surface area contributed by atoms with E-state index in [1.807, 2.05) is 17.3 Å². The number of hydrogen-bond acceptors (Lipinski definition) is 7. The number of aromatic nitrogens is 3. The van der Waals surface area contributed by atoms with Crippen LogP contribution in [0.5, 0.6) is 0 Å². The van der Waals surface area contributed by atoms with Crippen molar-refractivity contribution in [3.63, 3.8) is 0 Å². The number of halogens is 2. The van der Waals surface area contributed by atoms with E-state index in [4.69, 9.17) is 16.3 Å². The van der Waals surface area contributed by atoms with Crippen molar-refractivity contribution in [1.29, 1.82) is 0 Å². The van der Waals surface area contributed by atoms with Gasteiger partial charge in [-0.2, -0.15) is 10.2 Å². The maximum Gasteiger partial charge on any atom is 0.318 e. The second-order valence-corrected chi connectivity index (χ2v) is 9.48. The van der Waals surface area contributed by atoms with Gasteiger partial charge in [-0.05, 0) is 12.8 Å². The number of nitrogens with zero attached hydrogens (tertiary/aromatic N) is 7. The number of aliphatic imine (C=N–C) groups is 2. The molecule has 0 aliphatic carbocycles. The highest BCUT2D eigenvalue weighted by Crippen LogP contribution is 2.33. The zero-order valence-corrected chi connectivity index (χ0v) is 19.7. The summed E-state index contributed by atoms with van der Waals surface area (Å²) < 4.78 is 6.54. The van der Waals surface area contributed by atoms with Crippen LogP contribution in [0.2, 0.25) is 0 Å². The maximum absolute atomic E-state index is 13.3. The molecule has 0 bridgehead atoms. The van der Waals surface area contributed by atoms with Gasteiger partial charge in [0, 0.05) is 61.9 Å². The van der Waals surface area contributed by atoms with Gasteiger partial charge in [0.2, 0.25) is 0 Å². The van der Waals surface area contributed by atoms with E-state index in [1.165, 1.54) is 4.80 Å². The Bertz CT molecular complexity index is 972. The molecule has 3 unspecified atom stereocenters. The van der Waals surface area contributed by atoms with E-state index in [0.29, 0.717) is 29.9 Å². The van der Waals surface area contributed by atoms with E-state index in [2.05, 4.69) is 46.3 Å². The summed E-state index contributed by atoms with van der Waals surface area (Å²) in [7, 11) is 0. The van der Waals surface area contributed by atoms with Crippen LogP contribution in [0.3, 0.4) is 0 Å². The molecular formula is C20H24BrClN8O2. The quantitative estimate of drug-likeness (QED) is 0.654. The average molecular weight is 524 g/mol. The minimum absolute atomic E-state index is 0.0519. The summed E-state index contributed by atoms with van der Waals surface area (Å²) in [6.45, 7) is 2.98. The lowest BCUT2D eigenvalue weighted by molar-refractivity contribution is -0.00512. The van der Waals surface area contributed by atoms with Gasteiger partial charge in [-0.25, -0.2) is 9.79 Å². The first-order chi connectivity index (χ1) is 15.6. The molecular weight excluding hydrogens is 500 g/mol. The van der Waals surface area contributed by atoms with E-state index in [0.717, 1.165) is 37.1 Å². The molecule has 10 nitrogen and oxygen atoms in total. The lowest BCUT2D eigenvalue weighted by Gasteiger charge is -2.50. The number of fused-ring (bicyclic) bond motifs is 1. The lowest BCUT2D eigenvalue weighted by Crippen LogP contribution is -2.66. The van der Waals surface area contributed by atoms with Crippen LogP contribution in [0.25, 0.3) is 5.82 Å². The van der Waals surface area contributed by atoms with Crippen LogP contribution >= 0.6 is 27.5 Å². The van der Waals surface area contributed by atoms with E-state index in [1.54, 1.807) is 18.6 Å². The number of urea groups is 1. The van der Waals surface area contributed by atoms with E-state index in [-0.39, 0.29) is 24.2 Å². The predicted molar refractivity (Wildman–Crippen MR) is 125 cm³/mol. The molecule has 0 saturated carbocycles. The number of carbonyl (C=O) groups excluding carboxylic acids is 1. The smallest absolute Gasteiger partial charge is 0.318 e. The number of rotatable bonds is 3. The van der Waals surface area contributed by atoms with Crippen molar-refractivity contribution in [3.05, 3.63) is 28.1 Å². The van der Waals surface area contributed by atoms with Gasteiger partial charge in [0.05, 0.1) is 35.6 Å². The minimum atomic E-state index is -0.305. The SMILES string of the molecule is O=C(NC1C=NC(n2nccn2)=C(Cl)C1)N1CCN(C2CCOCC2)C2C(Br)=CN=CC21. The van der Waals surface area contributed by atoms with Crippen LogP contribution in [0.1, 0.15) is 19.3 Å². The molecule has 0 aromatic carbocycles. The Morgan fingerprint density at radius 3 is 2.72 bits per heavy atom. The van der Waals surface area contributed by atoms with Crippen molar-refractivity contribution in [2.45, 2.75) is 43.4 Å². The Kier molecular flexibility index (Phi) is 6.40. The zero-order chi connectivity index (χ0) is 22.1. The van der Waals surface area contributed by atoms with Gasteiger partial charge < -0.3 is 15.0 Å². The van der Waals surface area contributed by atoms with Crippen LogP contribution in [0.4, 0.5) is 4.79 Å². The van der Waals surface area contributed by atoms with Crippen molar-refractivity contribution >= 4 is 51.8 Å². The molecule has 3 atom stereocenters. The fraction of sp³-hybridized carbons (Fsp3) is 0.550. The molecule has 12 heteroatoms. The van der Waals surface area contributed by atoms with Crippen molar-refractivity contribution in [1.82, 2.24) is 30.1 Å². The third-order valence-corrected chi connectivity index (χ3v) is 7.21. The first-order valence-corrected chi connectivity index (χ1v) is 11.9. The van der Waals surface area contributed by atoms with Gasteiger partial charge in [0.25, 0.3) is 0 Å². The highest BCUT2D eigenvalue weighted by atomic mass is 79.9. The first-order valence-electron chi connectivity index (χ1n) is 10.7. The molecule has 2 saturated heterocycles. The predicted octanol–water partition coefficient (Wildman–Crippen LogP) is 2.05. The third-order valence-electron chi connectivity index (χ3n) is 6.22. The maximum atomic E-state index is 13.3. The Balaban J connectivity index is 1.27. The van der Waals surface area contributed by atoms with Crippen molar-refractivity contribution in [2.75, 3.05) is 26.3 Å². The van der Waals surface area contributed by atoms with Gasteiger partial charge >= 0.3 is 6.03 Å². The van der Waals surface area contributed by atoms with E-state index in [9.17, 15) is 4.79 Å². The number of ether oxygens (including phenoxy) is 1. The first kappa shape index (κ1) is 21.7. The summed E-state index contributed by atoms with van der Waals surface area (Å²) in [6.07, 6.45) is 10.9. The van der Waals surface area contributed by atoms with Crippen LogP contribution in [-0.2, 0) is 4.74 Å². The van der Waals surface area contributed by atoms with Crippen LogP contribution < -0.4 is 5.32 Å². The van der Waals surface area contributed by atoms with Crippen molar-refractivity contribution < 1.29 is 9.53 Å². The Morgan fingerprint density at radius 2 is 1.97 bits per heavy atom. The summed E-state index contributed by atoms with van der Waals surface area (Å²) in [5.74, 6) is 0.473. The zero-order valence-electron chi connectivity index (χ0n) is 17.3. The lowest BCUT2D eigenvalue weighted by atomic mass is 9.95. The number of hydrogen-bond donors (Lipinski definition) is 1. The molecule has 4 aliphatic heterocycles. The van der Waals surface area contributed by atoms with Gasteiger partial charge in [0.1, 0.15) is 0 Å². The second-order valence-electron chi connectivity index (χ2n) is 8.11. The average Bonchev–Trinajstić information content (AvgIpc) is 3.34. The Morgan fingerprint density at radius 1 is 1.19 bits per heavy atom. The molecule has 32 heavy (non-hydrogen) atoms. The molecule has 0 spiro atoms. The molecule has 0 radical (unpaired) electrons. The molecule has 1 aromatic heterocycles. The fourth-order valence-corrected chi connectivity index (χ4v) is 5.63. The summed E-state index contributed by atoms with van der Waals surface area (Å²) in [5.41, 5.74) is 0. The standard InChI is InChI=1S/C20H24BrClN8O2/c21-15-11-23-12-17-18(15)28(14-1-7-32-8-2-14)5-6-29(17)20(31)27-13-9-16(22)19(24-10-13)30-25-3-4-26-30/h3-4,10-14,17-18H,1-2,5-9H2,(H,27,31). The van der Waals surface area contributed by atoms with Gasteiger partial charge in [-0.15, -0.1) is 4.80 Å². The van der Waals surface area contributed by atoms with Crippen LogP contribution in [0.15, 0.2) is 38.1 Å². The van der Waals surface area contributed by atoms with Crippen LogP contribution in [-0.4, -0.2) is 93.7 Å². The van der Waals surface area contributed by atoms with Crippen molar-refractivity contribution in [2.24, 2.45) is 9.98 Å². The molecule has 5 heterocycles. The highest BCUT2D eigenvalue weighted by molar-refractivity contribution is 9.11. The monoisotopic (exact) mass is 522 g/mol. The molecule has 2 amide bonds. The van der Waals surface area contributed by atoms with Crippen LogP contribution in [0, 0.1) is 0 Å². The number of carbonyl (C=O) groups is 1. The molecule has 2 fully saturated rings. The van der Waals surface area contributed by atoms with E-state index >= 15 is 0 Å². The van der Waals surface area contributed by atoms with Gasteiger partial charge in [-0.3, -0.25) is 9.89 Å². The summed E-state index contributed by atoms with van der Waals surface area (Å²) in [4.78, 5) is 27.7. The van der Waals surface area contributed by atoms with Gasteiger partial charge in [0.15, 0.2) is 5.82 Å². The largest absolute Gasteiger partial charge is 0.381 e. The Hall–Kier alpha value is -2.08. The third kappa shape index (κ3) is 4.26. The molecule has 1 aromatic rings. The minimum Gasteiger partial charge on any atom is -0.381 e.